The Morgan fingerprint density at radius 3 is 2.80 bits per heavy atom. The molecule has 0 bridgehead atoms. The molecule has 0 aromatic rings. The van der Waals surface area contributed by atoms with Crippen molar-refractivity contribution in [1.29, 1.82) is 0 Å². The summed E-state index contributed by atoms with van der Waals surface area (Å²) in [5, 5.41) is 9.36. The molecule has 1 saturated heterocycles. The van der Waals surface area contributed by atoms with E-state index in [1.807, 2.05) is 0 Å². The summed E-state index contributed by atoms with van der Waals surface area (Å²) in [7, 11) is 1.60. The fourth-order valence-corrected chi connectivity index (χ4v) is 4.89. The summed E-state index contributed by atoms with van der Waals surface area (Å²) >= 11 is 0. The van der Waals surface area contributed by atoms with E-state index in [0.717, 1.165) is 6.42 Å². The Morgan fingerprint density at radius 2 is 2.12 bits per heavy atom. The van der Waals surface area contributed by atoms with Crippen LogP contribution in [0.2, 0.25) is 0 Å². The number of aliphatic carboxylic acids is 1. The molecule has 25 heavy (non-hydrogen) atoms. The van der Waals surface area contributed by atoms with Crippen LogP contribution in [0.5, 0.6) is 0 Å². The van der Waals surface area contributed by atoms with Gasteiger partial charge in [-0.15, -0.1) is 0 Å². The highest BCUT2D eigenvalue weighted by atomic mass is 19.2. The number of halogens is 2. The fraction of sp³-hybridized carbons (Fsp3) is 0.765. The van der Waals surface area contributed by atoms with Crippen LogP contribution in [0.4, 0.5) is 8.78 Å². The zero-order valence-electron chi connectivity index (χ0n) is 13.8. The van der Waals surface area contributed by atoms with E-state index in [2.05, 4.69) is 0 Å². The van der Waals surface area contributed by atoms with Crippen molar-refractivity contribution in [3.05, 3.63) is 11.8 Å². The van der Waals surface area contributed by atoms with Gasteiger partial charge in [0.05, 0.1) is 24.3 Å². The number of fused-ring (bicyclic) bond motifs is 2. The third kappa shape index (κ3) is 2.49. The molecule has 0 radical (unpaired) electrons. The molecule has 8 heteroatoms. The van der Waals surface area contributed by atoms with Gasteiger partial charge < -0.3 is 19.5 Å². The first-order valence-corrected chi connectivity index (χ1v) is 8.65. The summed E-state index contributed by atoms with van der Waals surface area (Å²) in [6.45, 7) is 0. The van der Waals surface area contributed by atoms with Gasteiger partial charge in [-0.25, -0.2) is 13.6 Å². The van der Waals surface area contributed by atoms with Crippen LogP contribution in [-0.2, 0) is 19.1 Å². The van der Waals surface area contributed by atoms with Crippen LogP contribution in [0.25, 0.3) is 0 Å². The van der Waals surface area contributed by atoms with Crippen molar-refractivity contribution in [2.75, 3.05) is 7.11 Å². The summed E-state index contributed by atoms with van der Waals surface area (Å²) in [5.74, 6) is -2.84. The van der Waals surface area contributed by atoms with Crippen LogP contribution in [0.1, 0.15) is 25.7 Å². The average molecular weight is 357 g/mol. The third-order valence-corrected chi connectivity index (χ3v) is 6.10. The monoisotopic (exact) mass is 357 g/mol. The van der Waals surface area contributed by atoms with E-state index in [9.17, 15) is 23.5 Å². The topological polar surface area (TPSA) is 76.1 Å². The highest BCUT2D eigenvalue weighted by molar-refractivity contribution is 6.18. The number of alkyl halides is 2. The van der Waals surface area contributed by atoms with Crippen LogP contribution >= 0.6 is 0 Å². The molecule has 2 saturated carbocycles. The van der Waals surface area contributed by atoms with Gasteiger partial charge >= 0.3 is 5.97 Å². The Bertz CT molecular complexity index is 626. The quantitative estimate of drug-likeness (QED) is 0.750. The van der Waals surface area contributed by atoms with Crippen molar-refractivity contribution in [3.8, 4) is 0 Å². The molecule has 0 spiro atoms. The molecule has 8 atom stereocenters. The van der Waals surface area contributed by atoms with Crippen molar-refractivity contribution >= 4 is 11.8 Å². The van der Waals surface area contributed by atoms with E-state index in [4.69, 9.17) is 9.47 Å². The second-order valence-electron chi connectivity index (χ2n) is 7.33. The Hall–Kier alpha value is -1.54. The first kappa shape index (κ1) is 16.9. The van der Waals surface area contributed by atoms with Crippen molar-refractivity contribution < 1.29 is 33.0 Å². The van der Waals surface area contributed by atoms with Gasteiger partial charge in [0, 0.05) is 25.6 Å². The standard InChI is InChI=1S/C17H21F2NO5/c1-24-7-2-3-11-12(4-7)25-16-13(19)10(18)5-8-14(16)20(11)6-9(15(8)21)17(22)23/h6-8,10-14,16H,2-5H2,1H3,(H,22,23). The van der Waals surface area contributed by atoms with Crippen molar-refractivity contribution in [1.82, 2.24) is 4.90 Å². The maximum absolute atomic E-state index is 14.5. The molecule has 2 aliphatic heterocycles. The molecule has 2 aliphatic carbocycles. The molecule has 4 aliphatic rings. The van der Waals surface area contributed by atoms with Gasteiger partial charge in [-0.05, 0) is 19.3 Å². The summed E-state index contributed by atoms with van der Waals surface area (Å²) in [6, 6.07) is -0.793. The maximum Gasteiger partial charge on any atom is 0.340 e. The summed E-state index contributed by atoms with van der Waals surface area (Å²) in [5.41, 5.74) is -0.348. The number of nitrogens with zero attached hydrogens (tertiary/aromatic N) is 1. The number of carbonyl (C=O) groups excluding carboxylic acids is 1. The van der Waals surface area contributed by atoms with Gasteiger partial charge in [-0.2, -0.15) is 0 Å². The number of carboxylic acid groups (broad SMARTS) is 1. The smallest absolute Gasteiger partial charge is 0.340 e. The minimum Gasteiger partial charge on any atom is -0.478 e. The largest absolute Gasteiger partial charge is 0.478 e. The molecule has 138 valence electrons. The van der Waals surface area contributed by atoms with E-state index < -0.39 is 42.2 Å². The predicted molar refractivity (Wildman–Crippen MR) is 81.3 cm³/mol. The number of ketones is 1. The van der Waals surface area contributed by atoms with Crippen LogP contribution in [0.15, 0.2) is 11.8 Å². The van der Waals surface area contributed by atoms with E-state index in [1.165, 1.54) is 6.20 Å². The van der Waals surface area contributed by atoms with E-state index in [0.29, 0.717) is 12.8 Å². The van der Waals surface area contributed by atoms with Crippen LogP contribution in [0, 0.1) is 5.92 Å². The molecule has 6 nitrogen and oxygen atoms in total. The number of carboxylic acids is 1. The highest BCUT2D eigenvalue weighted by Crippen LogP contribution is 2.46. The molecule has 0 aromatic heterocycles. The zero-order valence-corrected chi connectivity index (χ0v) is 13.8. The van der Waals surface area contributed by atoms with Crippen molar-refractivity contribution in [3.63, 3.8) is 0 Å². The van der Waals surface area contributed by atoms with Gasteiger partial charge in [0.1, 0.15) is 17.8 Å². The van der Waals surface area contributed by atoms with E-state index in [1.54, 1.807) is 12.0 Å². The first-order valence-electron chi connectivity index (χ1n) is 8.65. The van der Waals surface area contributed by atoms with Crippen LogP contribution in [0.3, 0.4) is 0 Å². The molecule has 0 amide bonds. The van der Waals surface area contributed by atoms with Gasteiger partial charge in [0.25, 0.3) is 0 Å². The summed E-state index contributed by atoms with van der Waals surface area (Å²) < 4.78 is 40.0. The average Bonchev–Trinajstić information content (AvgIpc) is 2.60. The minimum atomic E-state index is -1.83. The van der Waals surface area contributed by atoms with Gasteiger partial charge in [0.15, 0.2) is 12.0 Å². The first-order chi connectivity index (χ1) is 11.9. The highest BCUT2D eigenvalue weighted by Gasteiger charge is 2.59. The molecule has 8 unspecified atom stereocenters. The fourth-order valence-electron chi connectivity index (χ4n) is 4.89. The summed E-state index contributed by atoms with van der Waals surface area (Å²) in [6.07, 6.45) is -2.08. The predicted octanol–water partition coefficient (Wildman–Crippen LogP) is 1.24. The number of hydrogen-bond acceptors (Lipinski definition) is 5. The van der Waals surface area contributed by atoms with Gasteiger partial charge in [-0.1, -0.05) is 0 Å². The minimum absolute atomic E-state index is 0.0224. The lowest BCUT2D eigenvalue weighted by molar-refractivity contribution is -0.218. The van der Waals surface area contributed by atoms with Crippen LogP contribution < -0.4 is 0 Å². The second kappa shape index (κ2) is 6.02. The number of methoxy groups -OCH3 is 1. The molecule has 0 aromatic carbocycles. The van der Waals surface area contributed by atoms with Gasteiger partial charge in [-0.3, -0.25) is 4.79 Å². The maximum atomic E-state index is 14.5. The Balaban J connectivity index is 1.75. The Labute approximate surface area is 143 Å². The Kier molecular flexibility index (Phi) is 4.07. The molecular weight excluding hydrogens is 336 g/mol. The molecule has 3 fully saturated rings. The van der Waals surface area contributed by atoms with Crippen LogP contribution in [-0.4, -0.2) is 71.6 Å². The number of morpholine rings is 1. The van der Waals surface area contributed by atoms with E-state index >= 15 is 0 Å². The third-order valence-electron chi connectivity index (χ3n) is 6.10. The second-order valence-corrected chi connectivity index (χ2v) is 7.33. The zero-order chi connectivity index (χ0) is 17.9. The molecule has 1 N–H and O–H groups in total. The molecule has 2 heterocycles. The molecular formula is C17H21F2NO5. The number of hydrogen-bond donors (Lipinski definition) is 1. The Morgan fingerprint density at radius 1 is 1.36 bits per heavy atom. The summed E-state index contributed by atoms with van der Waals surface area (Å²) in [4.78, 5) is 25.7. The number of Topliss-reactive ketones (excluding diaryl/α,β-unsaturated/α-hetero) is 1. The lowest BCUT2D eigenvalue weighted by atomic mass is 9.71. The number of rotatable bonds is 2. The van der Waals surface area contributed by atoms with Gasteiger partial charge in [0.2, 0.25) is 0 Å². The lowest BCUT2D eigenvalue weighted by Crippen LogP contribution is -2.70. The lowest BCUT2D eigenvalue weighted by Gasteiger charge is -2.58. The molecule has 4 rings (SSSR count). The van der Waals surface area contributed by atoms with Crippen molar-refractivity contribution in [2.24, 2.45) is 5.92 Å². The normalized spacial score (nSPS) is 46.1. The number of ether oxygens (including phenoxy) is 2. The number of carbonyl (C=O) groups is 2. The SMILES string of the molecule is COC1CCC2C(C1)OC1C(F)C(F)CC3C(=O)C(C(=O)O)=CN2C31. The van der Waals surface area contributed by atoms with Crippen molar-refractivity contribution in [2.45, 2.75) is 68.4 Å². The van der Waals surface area contributed by atoms with E-state index in [-0.39, 0.29) is 30.2 Å².